The van der Waals surface area contributed by atoms with Gasteiger partial charge in [-0.1, -0.05) is 6.07 Å². The molecule has 194 valence electrons. The maximum Gasteiger partial charge on any atom is 0.416 e. The highest BCUT2D eigenvalue weighted by atomic mass is 19.4. The first-order valence-corrected chi connectivity index (χ1v) is 11.6. The summed E-state index contributed by atoms with van der Waals surface area (Å²) in [5.74, 6) is -0.474. The van der Waals surface area contributed by atoms with E-state index in [2.05, 4.69) is 26.2 Å². The lowest BCUT2D eigenvalue weighted by molar-refractivity contribution is -0.755. The molecule has 2 aliphatic carbocycles. The quantitative estimate of drug-likeness (QED) is 0.369. The molecule has 0 unspecified atom stereocenters. The first kappa shape index (κ1) is 24.7. The van der Waals surface area contributed by atoms with Crippen LogP contribution in [0.5, 0.6) is 0 Å². The van der Waals surface area contributed by atoms with Gasteiger partial charge in [0.25, 0.3) is 6.20 Å². The number of anilines is 3. The SMILES string of the molecule is O=C(Nc1cc(NC(=O)C23CCC(O)(CC2)C3)cc(C(F)(F)F)c1)Nc1c[n+](Cc2ccccn2)no1. The number of rotatable bonds is 6. The number of aliphatic hydroxyl groups is 1. The van der Waals surface area contributed by atoms with Crippen molar-refractivity contribution in [2.24, 2.45) is 5.41 Å². The van der Waals surface area contributed by atoms with Crippen LogP contribution in [0.15, 0.2) is 53.3 Å². The van der Waals surface area contributed by atoms with Crippen LogP contribution in [-0.4, -0.2) is 32.9 Å². The normalized spacial score (nSPS) is 22.6. The molecule has 10 nitrogen and oxygen atoms in total. The number of fused-ring (bicyclic) bond motifs is 2. The number of benzene rings is 1. The van der Waals surface area contributed by atoms with Gasteiger partial charge in [-0.15, -0.1) is 0 Å². The molecule has 2 aromatic heterocycles. The van der Waals surface area contributed by atoms with Gasteiger partial charge in [0.05, 0.1) is 16.6 Å². The lowest BCUT2D eigenvalue weighted by Crippen LogP contribution is -2.35. The summed E-state index contributed by atoms with van der Waals surface area (Å²) in [7, 11) is 0. The van der Waals surface area contributed by atoms with E-state index in [-0.39, 0.29) is 30.2 Å². The number of nitrogens with zero attached hydrogens (tertiary/aromatic N) is 3. The Hall–Kier alpha value is -4.00. The van der Waals surface area contributed by atoms with Crippen LogP contribution >= 0.6 is 0 Å². The zero-order valence-electron chi connectivity index (χ0n) is 19.5. The van der Waals surface area contributed by atoms with Crippen LogP contribution in [0.1, 0.15) is 43.4 Å². The molecule has 1 aromatic carbocycles. The lowest BCUT2D eigenvalue weighted by atomic mass is 9.83. The summed E-state index contributed by atoms with van der Waals surface area (Å²) in [4.78, 5) is 29.6. The molecule has 2 aliphatic rings. The number of urea groups is 1. The fraction of sp³-hybridized carbons (Fsp3) is 0.375. The van der Waals surface area contributed by atoms with E-state index in [1.807, 2.05) is 6.07 Å². The smallest absolute Gasteiger partial charge is 0.390 e. The fourth-order valence-corrected chi connectivity index (χ4v) is 5.02. The van der Waals surface area contributed by atoms with E-state index in [0.717, 1.165) is 12.1 Å². The van der Waals surface area contributed by atoms with Gasteiger partial charge in [0.2, 0.25) is 17.7 Å². The van der Waals surface area contributed by atoms with Gasteiger partial charge in [-0.25, -0.2) is 4.79 Å². The highest BCUT2D eigenvalue weighted by Crippen LogP contribution is 2.56. The van der Waals surface area contributed by atoms with E-state index in [0.29, 0.717) is 31.4 Å². The summed E-state index contributed by atoms with van der Waals surface area (Å²) >= 11 is 0. The minimum absolute atomic E-state index is 0.0389. The minimum Gasteiger partial charge on any atom is -0.390 e. The van der Waals surface area contributed by atoms with Crippen LogP contribution in [-0.2, 0) is 17.5 Å². The summed E-state index contributed by atoms with van der Waals surface area (Å²) in [6.45, 7) is 0.281. The topological polar surface area (TPSA) is 133 Å². The third kappa shape index (κ3) is 5.40. The lowest BCUT2D eigenvalue weighted by Gasteiger charge is -2.25. The standard InChI is InChI=1S/C24H23F3N6O4/c25-24(26,27)15-9-17(29-20(34)22-4-6-23(36,14-22)7-5-22)11-18(10-15)30-21(35)31-19-13-33(32-37-19)12-16-3-1-2-8-28-16/h1-3,8-11,13,36H,4-7,12,14H2,(H2-,29,30,31,32,34,35)/p+1. The molecule has 5 rings (SSSR count). The van der Waals surface area contributed by atoms with E-state index in [1.165, 1.54) is 16.9 Å². The zero-order valence-corrected chi connectivity index (χ0v) is 19.5. The van der Waals surface area contributed by atoms with Crippen LogP contribution in [0, 0.1) is 5.41 Å². The Morgan fingerprint density at radius 1 is 1.05 bits per heavy atom. The Labute approximate surface area is 208 Å². The number of hydrogen-bond acceptors (Lipinski definition) is 6. The van der Waals surface area contributed by atoms with Gasteiger partial charge in [-0.05, 0) is 67.1 Å². The summed E-state index contributed by atoms with van der Waals surface area (Å²) in [6, 6.07) is 7.30. The second-order valence-corrected chi connectivity index (χ2v) is 9.60. The van der Waals surface area contributed by atoms with Gasteiger partial charge < -0.3 is 15.7 Å². The number of amides is 3. The van der Waals surface area contributed by atoms with Crippen molar-refractivity contribution in [3.05, 3.63) is 60.0 Å². The number of carbonyl (C=O) groups excluding carboxylic acids is 2. The number of pyridine rings is 1. The molecule has 13 heteroatoms. The van der Waals surface area contributed by atoms with E-state index in [4.69, 9.17) is 4.52 Å². The van der Waals surface area contributed by atoms with E-state index < -0.39 is 34.7 Å². The molecule has 3 amide bonds. The highest BCUT2D eigenvalue weighted by molar-refractivity contribution is 6.00. The fourth-order valence-electron chi connectivity index (χ4n) is 5.02. The largest absolute Gasteiger partial charge is 0.416 e. The van der Waals surface area contributed by atoms with Crippen molar-refractivity contribution in [3.63, 3.8) is 0 Å². The third-order valence-electron chi connectivity index (χ3n) is 6.86. The van der Waals surface area contributed by atoms with E-state index >= 15 is 0 Å². The molecule has 0 radical (unpaired) electrons. The Kier molecular flexibility index (Phi) is 6.10. The van der Waals surface area contributed by atoms with Gasteiger partial charge in [-0.2, -0.15) is 13.2 Å². The van der Waals surface area contributed by atoms with Crippen molar-refractivity contribution < 1.29 is 37.1 Å². The van der Waals surface area contributed by atoms with Gasteiger partial charge in [0.15, 0.2) is 0 Å². The maximum atomic E-state index is 13.5. The van der Waals surface area contributed by atoms with Crippen molar-refractivity contribution >= 4 is 29.2 Å². The molecule has 3 aromatic rings. The summed E-state index contributed by atoms with van der Waals surface area (Å²) < 4.78 is 47.1. The van der Waals surface area contributed by atoms with E-state index in [1.54, 1.807) is 18.3 Å². The number of halogens is 3. The highest BCUT2D eigenvalue weighted by Gasteiger charge is 2.57. The molecule has 2 bridgehead atoms. The second kappa shape index (κ2) is 9.14. The molecule has 0 saturated heterocycles. The molecular formula is C24H24F3N6O4+. The molecule has 0 aliphatic heterocycles. The molecule has 2 saturated carbocycles. The predicted molar refractivity (Wildman–Crippen MR) is 123 cm³/mol. The van der Waals surface area contributed by atoms with Gasteiger partial charge in [-0.3, -0.25) is 19.6 Å². The number of aromatic nitrogens is 3. The summed E-state index contributed by atoms with van der Waals surface area (Å²) in [5, 5.41) is 21.4. The van der Waals surface area contributed by atoms with Crippen LogP contribution in [0.4, 0.5) is 35.2 Å². The van der Waals surface area contributed by atoms with Gasteiger partial charge in [0.1, 0.15) is 5.69 Å². The van der Waals surface area contributed by atoms with Crippen molar-refractivity contribution in [2.75, 3.05) is 16.0 Å². The van der Waals surface area contributed by atoms with Crippen molar-refractivity contribution in [1.29, 1.82) is 0 Å². The van der Waals surface area contributed by atoms with Crippen LogP contribution in [0.3, 0.4) is 0 Å². The van der Waals surface area contributed by atoms with Crippen LogP contribution in [0.25, 0.3) is 0 Å². The minimum atomic E-state index is -4.71. The number of carbonyl (C=O) groups is 2. The number of hydrogen-bond donors (Lipinski definition) is 4. The van der Waals surface area contributed by atoms with Crippen molar-refractivity contribution in [3.8, 4) is 0 Å². The monoisotopic (exact) mass is 517 g/mol. The molecule has 4 N–H and O–H groups in total. The zero-order chi connectivity index (χ0) is 26.3. The van der Waals surface area contributed by atoms with Gasteiger partial charge >= 0.3 is 18.1 Å². The number of alkyl halides is 3. The Balaban J connectivity index is 1.28. The first-order chi connectivity index (χ1) is 17.5. The Bertz CT molecular complexity index is 1320. The Morgan fingerprint density at radius 3 is 2.41 bits per heavy atom. The van der Waals surface area contributed by atoms with Crippen molar-refractivity contribution in [1.82, 2.24) is 10.3 Å². The predicted octanol–water partition coefficient (Wildman–Crippen LogP) is 3.70. The molecule has 0 spiro atoms. The Morgan fingerprint density at radius 2 is 1.78 bits per heavy atom. The van der Waals surface area contributed by atoms with E-state index in [9.17, 15) is 27.9 Å². The molecule has 2 heterocycles. The molecule has 37 heavy (non-hydrogen) atoms. The second-order valence-electron chi connectivity index (χ2n) is 9.60. The third-order valence-corrected chi connectivity index (χ3v) is 6.86. The molecule has 2 fully saturated rings. The van der Waals surface area contributed by atoms with Crippen LogP contribution in [0.2, 0.25) is 0 Å². The van der Waals surface area contributed by atoms with Crippen molar-refractivity contribution in [2.45, 2.75) is 50.4 Å². The summed E-state index contributed by atoms with van der Waals surface area (Å²) in [6.07, 6.45) is 0.507. The average Bonchev–Trinajstić information content (AvgIpc) is 3.52. The van der Waals surface area contributed by atoms with Crippen LogP contribution < -0.4 is 20.6 Å². The van der Waals surface area contributed by atoms with Gasteiger partial charge in [0, 0.05) is 17.6 Å². The molecule has 0 atom stereocenters. The average molecular weight is 517 g/mol. The summed E-state index contributed by atoms with van der Waals surface area (Å²) in [5.41, 5.74) is -2.32. The maximum absolute atomic E-state index is 13.5. The molecular weight excluding hydrogens is 493 g/mol. The first-order valence-electron chi connectivity index (χ1n) is 11.6. The number of nitrogens with one attached hydrogen (secondary N) is 3.